The molecule has 1 aromatic heterocycles. The average Bonchev–Trinajstić information content (AvgIpc) is 3.02. The number of benzene rings is 1. The second kappa shape index (κ2) is 7.78. The molecule has 0 saturated heterocycles. The van der Waals surface area contributed by atoms with Crippen molar-refractivity contribution in [3.05, 3.63) is 51.3 Å². The van der Waals surface area contributed by atoms with Gasteiger partial charge in [0.25, 0.3) is 11.6 Å². The Bertz CT molecular complexity index is 747. The van der Waals surface area contributed by atoms with Gasteiger partial charge in [0.05, 0.1) is 9.95 Å². The Morgan fingerprint density at radius 1 is 1.50 bits per heavy atom. The fourth-order valence-corrected chi connectivity index (χ4v) is 2.04. The van der Waals surface area contributed by atoms with Gasteiger partial charge in [-0.1, -0.05) is 18.5 Å². The van der Waals surface area contributed by atoms with Gasteiger partial charge in [0, 0.05) is 24.4 Å². The highest BCUT2D eigenvalue weighted by Gasteiger charge is 2.13. The Morgan fingerprint density at radius 3 is 2.88 bits per heavy atom. The number of ether oxygens (including phenoxy) is 1. The minimum Gasteiger partial charge on any atom is -0.470 e. The van der Waals surface area contributed by atoms with Crippen molar-refractivity contribution in [2.75, 3.05) is 0 Å². The molecule has 0 fully saturated rings. The summed E-state index contributed by atoms with van der Waals surface area (Å²) in [5.74, 6) is 0.0415. The van der Waals surface area contributed by atoms with E-state index in [0.29, 0.717) is 5.75 Å². The number of halogens is 1. The zero-order chi connectivity index (χ0) is 17.7. The summed E-state index contributed by atoms with van der Waals surface area (Å²) in [6.07, 6.45) is 2.43. The van der Waals surface area contributed by atoms with E-state index in [2.05, 4.69) is 10.4 Å². The van der Waals surface area contributed by atoms with Gasteiger partial charge in [-0.2, -0.15) is 5.10 Å². The Kier molecular flexibility index (Phi) is 5.75. The predicted octanol–water partition coefficient (Wildman–Crippen LogP) is 3.01. The SMILES string of the molecule is CCC(C)NC(=O)c1ccn(COc2ccc([N+](=O)[O-])cc2Cl)n1. The van der Waals surface area contributed by atoms with Crippen LogP contribution in [0.3, 0.4) is 0 Å². The molecule has 0 aliphatic carbocycles. The highest BCUT2D eigenvalue weighted by molar-refractivity contribution is 6.32. The standard InChI is InChI=1S/C15H17ClN4O4/c1-3-10(2)17-15(21)13-6-7-19(18-13)9-24-14-5-4-11(20(22)23)8-12(14)16/h4-8,10H,3,9H2,1-2H3,(H,17,21). The normalized spacial score (nSPS) is 11.8. The molecule has 1 atom stereocenters. The van der Waals surface area contributed by atoms with Crippen molar-refractivity contribution in [3.8, 4) is 5.75 Å². The summed E-state index contributed by atoms with van der Waals surface area (Å²) in [6, 6.07) is 5.58. The van der Waals surface area contributed by atoms with Crippen LogP contribution < -0.4 is 10.1 Å². The molecular weight excluding hydrogens is 336 g/mol. The van der Waals surface area contributed by atoms with Crippen LogP contribution in [0.5, 0.6) is 5.75 Å². The Hall–Kier alpha value is -2.61. The van der Waals surface area contributed by atoms with Crippen molar-refractivity contribution in [1.29, 1.82) is 0 Å². The topological polar surface area (TPSA) is 99.3 Å². The zero-order valence-electron chi connectivity index (χ0n) is 13.2. The van der Waals surface area contributed by atoms with Gasteiger partial charge in [-0.25, -0.2) is 4.68 Å². The van der Waals surface area contributed by atoms with Crippen LogP contribution in [0.1, 0.15) is 30.8 Å². The predicted molar refractivity (Wildman–Crippen MR) is 88.2 cm³/mol. The lowest BCUT2D eigenvalue weighted by molar-refractivity contribution is -0.384. The molecule has 24 heavy (non-hydrogen) atoms. The summed E-state index contributed by atoms with van der Waals surface area (Å²) in [6.45, 7) is 3.91. The van der Waals surface area contributed by atoms with Crippen molar-refractivity contribution in [1.82, 2.24) is 15.1 Å². The van der Waals surface area contributed by atoms with Crippen LogP contribution in [-0.2, 0) is 6.73 Å². The molecule has 1 amide bonds. The zero-order valence-corrected chi connectivity index (χ0v) is 14.0. The van der Waals surface area contributed by atoms with Crippen molar-refractivity contribution in [2.24, 2.45) is 0 Å². The van der Waals surface area contributed by atoms with Crippen LogP contribution in [0.25, 0.3) is 0 Å². The molecule has 0 radical (unpaired) electrons. The van der Waals surface area contributed by atoms with E-state index >= 15 is 0 Å². The van der Waals surface area contributed by atoms with Gasteiger partial charge in [0.1, 0.15) is 11.4 Å². The molecule has 0 aliphatic rings. The first kappa shape index (κ1) is 17.7. The Morgan fingerprint density at radius 2 is 2.25 bits per heavy atom. The lowest BCUT2D eigenvalue weighted by Gasteiger charge is -2.09. The van der Waals surface area contributed by atoms with Crippen molar-refractivity contribution in [3.63, 3.8) is 0 Å². The van der Waals surface area contributed by atoms with E-state index in [0.717, 1.165) is 6.42 Å². The van der Waals surface area contributed by atoms with Crippen molar-refractivity contribution < 1.29 is 14.5 Å². The van der Waals surface area contributed by atoms with E-state index in [4.69, 9.17) is 16.3 Å². The maximum Gasteiger partial charge on any atom is 0.271 e. The number of aromatic nitrogens is 2. The maximum absolute atomic E-state index is 11.9. The summed E-state index contributed by atoms with van der Waals surface area (Å²) in [7, 11) is 0. The van der Waals surface area contributed by atoms with E-state index in [1.54, 1.807) is 12.3 Å². The van der Waals surface area contributed by atoms with Crippen LogP contribution in [-0.4, -0.2) is 26.7 Å². The van der Waals surface area contributed by atoms with Gasteiger partial charge >= 0.3 is 0 Å². The number of carbonyl (C=O) groups is 1. The summed E-state index contributed by atoms with van der Waals surface area (Å²) < 4.78 is 6.90. The van der Waals surface area contributed by atoms with E-state index < -0.39 is 4.92 Å². The number of nitrogens with one attached hydrogen (secondary N) is 1. The Balaban J connectivity index is 1.98. The monoisotopic (exact) mass is 352 g/mol. The second-order valence-corrected chi connectivity index (χ2v) is 5.58. The van der Waals surface area contributed by atoms with Gasteiger partial charge in [0.2, 0.25) is 0 Å². The number of hydrogen-bond donors (Lipinski definition) is 1. The molecule has 0 spiro atoms. The average molecular weight is 353 g/mol. The summed E-state index contributed by atoms with van der Waals surface area (Å²) in [5, 5.41) is 17.7. The third-order valence-electron chi connectivity index (χ3n) is 3.34. The summed E-state index contributed by atoms with van der Waals surface area (Å²) >= 11 is 5.95. The van der Waals surface area contributed by atoms with Crippen LogP contribution in [0.2, 0.25) is 5.02 Å². The quantitative estimate of drug-likeness (QED) is 0.610. The first-order chi connectivity index (χ1) is 11.4. The van der Waals surface area contributed by atoms with Crippen molar-refractivity contribution in [2.45, 2.75) is 33.0 Å². The number of amides is 1. The highest BCUT2D eigenvalue weighted by atomic mass is 35.5. The minimum atomic E-state index is -0.536. The molecule has 9 heteroatoms. The van der Waals surface area contributed by atoms with Crippen LogP contribution >= 0.6 is 11.6 Å². The second-order valence-electron chi connectivity index (χ2n) is 5.17. The van der Waals surface area contributed by atoms with Crippen LogP contribution in [0.15, 0.2) is 30.5 Å². The van der Waals surface area contributed by atoms with Gasteiger partial charge < -0.3 is 10.1 Å². The minimum absolute atomic E-state index is 0.0220. The molecule has 0 aliphatic heterocycles. The number of carbonyl (C=O) groups excluding carboxylic acids is 1. The molecule has 1 aromatic carbocycles. The van der Waals surface area contributed by atoms with E-state index in [9.17, 15) is 14.9 Å². The first-order valence-corrected chi connectivity index (χ1v) is 7.69. The molecule has 8 nitrogen and oxygen atoms in total. The lowest BCUT2D eigenvalue weighted by Crippen LogP contribution is -2.32. The Labute approximate surface area is 143 Å². The number of nitrogens with zero attached hydrogens (tertiary/aromatic N) is 3. The molecular formula is C15H17ClN4O4. The summed E-state index contributed by atoms with van der Waals surface area (Å²) in [4.78, 5) is 22.1. The lowest BCUT2D eigenvalue weighted by atomic mass is 10.2. The molecule has 0 saturated carbocycles. The summed E-state index contributed by atoms with van der Waals surface area (Å²) in [5.41, 5.74) is 0.170. The van der Waals surface area contributed by atoms with Crippen molar-refractivity contribution >= 4 is 23.2 Å². The number of nitro groups is 1. The number of rotatable bonds is 7. The fourth-order valence-electron chi connectivity index (χ4n) is 1.81. The highest BCUT2D eigenvalue weighted by Crippen LogP contribution is 2.28. The van der Waals surface area contributed by atoms with Gasteiger partial charge in [0.15, 0.2) is 6.73 Å². The molecule has 1 unspecified atom stereocenters. The fraction of sp³-hybridized carbons (Fsp3) is 0.333. The van der Waals surface area contributed by atoms with Gasteiger partial charge in [-0.3, -0.25) is 14.9 Å². The van der Waals surface area contributed by atoms with E-state index in [-0.39, 0.29) is 35.1 Å². The molecule has 2 rings (SSSR count). The molecule has 0 bridgehead atoms. The first-order valence-electron chi connectivity index (χ1n) is 7.31. The largest absolute Gasteiger partial charge is 0.470 e. The molecule has 1 heterocycles. The molecule has 2 aromatic rings. The number of non-ortho nitro benzene ring substituents is 1. The maximum atomic E-state index is 11.9. The van der Waals surface area contributed by atoms with Crippen LogP contribution in [0.4, 0.5) is 5.69 Å². The van der Waals surface area contributed by atoms with Gasteiger partial charge in [-0.15, -0.1) is 0 Å². The smallest absolute Gasteiger partial charge is 0.271 e. The number of hydrogen-bond acceptors (Lipinski definition) is 5. The van der Waals surface area contributed by atoms with E-state index in [1.807, 2.05) is 13.8 Å². The molecule has 128 valence electrons. The third-order valence-corrected chi connectivity index (χ3v) is 3.64. The van der Waals surface area contributed by atoms with Crippen LogP contribution in [0, 0.1) is 10.1 Å². The van der Waals surface area contributed by atoms with E-state index in [1.165, 1.54) is 22.9 Å². The van der Waals surface area contributed by atoms with Gasteiger partial charge in [-0.05, 0) is 25.5 Å². The number of nitro benzene ring substituents is 1. The molecule has 1 N–H and O–H groups in total. The third kappa shape index (κ3) is 4.45.